The SMILES string of the molecule is c1ccc(OCCN(CC2CCCN2)C2CC2)cc1. The summed E-state index contributed by atoms with van der Waals surface area (Å²) in [6.07, 6.45) is 5.42. The number of nitrogens with zero attached hydrogens (tertiary/aromatic N) is 1. The van der Waals surface area contributed by atoms with Crippen LogP contribution in [0.4, 0.5) is 0 Å². The Kier molecular flexibility index (Phi) is 4.36. The number of para-hydroxylation sites is 1. The predicted octanol–water partition coefficient (Wildman–Crippen LogP) is 2.28. The van der Waals surface area contributed by atoms with E-state index in [0.717, 1.165) is 24.9 Å². The van der Waals surface area contributed by atoms with Crippen LogP contribution in [0, 0.1) is 0 Å². The monoisotopic (exact) mass is 260 g/mol. The maximum absolute atomic E-state index is 5.82. The van der Waals surface area contributed by atoms with Crippen molar-refractivity contribution in [1.29, 1.82) is 0 Å². The first kappa shape index (κ1) is 12.9. The van der Waals surface area contributed by atoms with Gasteiger partial charge in [-0.2, -0.15) is 0 Å². The van der Waals surface area contributed by atoms with Gasteiger partial charge in [0.2, 0.25) is 0 Å². The van der Waals surface area contributed by atoms with Gasteiger partial charge in [-0.15, -0.1) is 0 Å². The molecular formula is C16H24N2O. The second-order valence-corrected chi connectivity index (χ2v) is 5.68. The molecule has 1 saturated carbocycles. The normalized spacial score (nSPS) is 22.9. The highest BCUT2D eigenvalue weighted by atomic mass is 16.5. The minimum Gasteiger partial charge on any atom is -0.492 e. The third-order valence-electron chi connectivity index (χ3n) is 4.07. The molecule has 2 aliphatic rings. The smallest absolute Gasteiger partial charge is 0.119 e. The van der Waals surface area contributed by atoms with Crippen LogP contribution in [0.5, 0.6) is 5.75 Å². The van der Waals surface area contributed by atoms with Crippen molar-refractivity contribution in [2.24, 2.45) is 0 Å². The number of ether oxygens (including phenoxy) is 1. The fourth-order valence-electron chi connectivity index (χ4n) is 2.86. The van der Waals surface area contributed by atoms with Gasteiger partial charge >= 0.3 is 0 Å². The molecule has 1 aromatic rings. The highest BCUT2D eigenvalue weighted by molar-refractivity contribution is 5.20. The summed E-state index contributed by atoms with van der Waals surface area (Å²) in [6.45, 7) is 4.25. The van der Waals surface area contributed by atoms with Crippen molar-refractivity contribution in [1.82, 2.24) is 10.2 Å². The van der Waals surface area contributed by atoms with Crippen LogP contribution in [-0.2, 0) is 0 Å². The van der Waals surface area contributed by atoms with Gasteiger partial charge in [0, 0.05) is 25.2 Å². The molecule has 1 N–H and O–H groups in total. The number of rotatable bonds is 7. The zero-order chi connectivity index (χ0) is 12.9. The first-order chi connectivity index (χ1) is 9.42. The Balaban J connectivity index is 1.43. The van der Waals surface area contributed by atoms with Crippen molar-refractivity contribution >= 4 is 0 Å². The van der Waals surface area contributed by atoms with Crippen molar-refractivity contribution in [3.05, 3.63) is 30.3 Å². The minimum absolute atomic E-state index is 0.706. The van der Waals surface area contributed by atoms with E-state index in [-0.39, 0.29) is 0 Å². The standard InChI is InChI=1S/C16H24N2O/c1-2-6-16(7-3-1)19-12-11-18(15-8-9-15)13-14-5-4-10-17-14/h1-3,6-7,14-15,17H,4-5,8-13H2. The van der Waals surface area contributed by atoms with Gasteiger partial charge in [-0.05, 0) is 44.4 Å². The van der Waals surface area contributed by atoms with E-state index in [4.69, 9.17) is 4.74 Å². The fraction of sp³-hybridized carbons (Fsp3) is 0.625. The average Bonchev–Trinajstić information content (AvgIpc) is 3.17. The van der Waals surface area contributed by atoms with Crippen LogP contribution < -0.4 is 10.1 Å². The molecule has 0 radical (unpaired) electrons. The largest absolute Gasteiger partial charge is 0.492 e. The van der Waals surface area contributed by atoms with Gasteiger partial charge in [0.25, 0.3) is 0 Å². The number of benzene rings is 1. The topological polar surface area (TPSA) is 24.5 Å². The van der Waals surface area contributed by atoms with Gasteiger partial charge in [0.15, 0.2) is 0 Å². The van der Waals surface area contributed by atoms with Crippen molar-refractivity contribution in [2.75, 3.05) is 26.2 Å². The Labute approximate surface area is 115 Å². The second-order valence-electron chi connectivity index (χ2n) is 5.68. The van der Waals surface area contributed by atoms with Gasteiger partial charge < -0.3 is 10.1 Å². The summed E-state index contributed by atoms with van der Waals surface area (Å²) in [4.78, 5) is 2.62. The maximum Gasteiger partial charge on any atom is 0.119 e. The molecule has 0 bridgehead atoms. The van der Waals surface area contributed by atoms with Gasteiger partial charge in [0.05, 0.1) is 0 Å². The summed E-state index contributed by atoms with van der Waals surface area (Å²) in [6, 6.07) is 11.7. The van der Waals surface area contributed by atoms with E-state index in [9.17, 15) is 0 Å². The van der Waals surface area contributed by atoms with Crippen LogP contribution in [-0.4, -0.2) is 43.2 Å². The third kappa shape index (κ3) is 3.95. The predicted molar refractivity (Wildman–Crippen MR) is 77.6 cm³/mol. The molecule has 1 saturated heterocycles. The lowest BCUT2D eigenvalue weighted by molar-refractivity contribution is 0.189. The van der Waals surface area contributed by atoms with E-state index in [0.29, 0.717) is 6.04 Å². The number of nitrogens with one attached hydrogen (secondary N) is 1. The molecule has 3 rings (SSSR count). The van der Waals surface area contributed by atoms with Crippen LogP contribution in [0.25, 0.3) is 0 Å². The molecule has 2 fully saturated rings. The zero-order valence-corrected chi connectivity index (χ0v) is 11.6. The Hall–Kier alpha value is -1.06. The molecule has 1 aromatic carbocycles. The molecule has 19 heavy (non-hydrogen) atoms. The molecule has 1 aliphatic carbocycles. The summed E-state index contributed by atoms with van der Waals surface area (Å²) in [5.74, 6) is 0.984. The van der Waals surface area contributed by atoms with E-state index >= 15 is 0 Å². The molecule has 1 heterocycles. The minimum atomic E-state index is 0.706. The van der Waals surface area contributed by atoms with E-state index < -0.39 is 0 Å². The lowest BCUT2D eigenvalue weighted by Crippen LogP contribution is -2.40. The fourth-order valence-corrected chi connectivity index (χ4v) is 2.86. The summed E-state index contributed by atoms with van der Waals surface area (Å²) < 4.78 is 5.82. The average molecular weight is 260 g/mol. The molecule has 0 aromatic heterocycles. The Morgan fingerprint density at radius 3 is 2.68 bits per heavy atom. The second kappa shape index (κ2) is 6.40. The molecule has 1 atom stereocenters. The quantitative estimate of drug-likeness (QED) is 0.814. The Morgan fingerprint density at radius 1 is 1.16 bits per heavy atom. The van der Waals surface area contributed by atoms with Crippen molar-refractivity contribution in [2.45, 2.75) is 37.8 Å². The van der Waals surface area contributed by atoms with Gasteiger partial charge in [-0.1, -0.05) is 18.2 Å². The maximum atomic E-state index is 5.82. The van der Waals surface area contributed by atoms with Crippen LogP contribution in [0.15, 0.2) is 30.3 Å². The van der Waals surface area contributed by atoms with Crippen molar-refractivity contribution < 1.29 is 4.74 Å². The van der Waals surface area contributed by atoms with Crippen LogP contribution in [0.1, 0.15) is 25.7 Å². The highest BCUT2D eigenvalue weighted by Gasteiger charge is 2.30. The summed E-state index contributed by atoms with van der Waals surface area (Å²) in [5.41, 5.74) is 0. The lowest BCUT2D eigenvalue weighted by atomic mass is 10.2. The Morgan fingerprint density at radius 2 is 2.00 bits per heavy atom. The molecule has 0 amide bonds. The number of hydrogen-bond acceptors (Lipinski definition) is 3. The molecule has 1 aliphatic heterocycles. The third-order valence-corrected chi connectivity index (χ3v) is 4.07. The van der Waals surface area contributed by atoms with E-state index in [2.05, 4.69) is 10.2 Å². The van der Waals surface area contributed by atoms with Gasteiger partial charge in [0.1, 0.15) is 12.4 Å². The Bertz CT molecular complexity index is 372. The van der Waals surface area contributed by atoms with E-state index in [1.54, 1.807) is 0 Å². The van der Waals surface area contributed by atoms with Crippen LogP contribution >= 0.6 is 0 Å². The van der Waals surface area contributed by atoms with Crippen LogP contribution in [0.2, 0.25) is 0 Å². The van der Waals surface area contributed by atoms with E-state index in [1.807, 2.05) is 30.3 Å². The molecule has 3 nitrogen and oxygen atoms in total. The number of hydrogen-bond donors (Lipinski definition) is 1. The summed E-state index contributed by atoms with van der Waals surface area (Å²) >= 11 is 0. The molecule has 1 unspecified atom stereocenters. The van der Waals surface area contributed by atoms with Gasteiger partial charge in [-0.3, -0.25) is 4.90 Å². The first-order valence-corrected chi connectivity index (χ1v) is 7.57. The molecule has 3 heteroatoms. The highest BCUT2D eigenvalue weighted by Crippen LogP contribution is 2.27. The van der Waals surface area contributed by atoms with Crippen molar-refractivity contribution in [3.8, 4) is 5.75 Å². The van der Waals surface area contributed by atoms with Gasteiger partial charge in [-0.25, -0.2) is 0 Å². The molecular weight excluding hydrogens is 236 g/mol. The van der Waals surface area contributed by atoms with Crippen molar-refractivity contribution in [3.63, 3.8) is 0 Å². The first-order valence-electron chi connectivity index (χ1n) is 7.57. The summed E-state index contributed by atoms with van der Waals surface area (Å²) in [7, 11) is 0. The zero-order valence-electron chi connectivity index (χ0n) is 11.6. The molecule has 0 spiro atoms. The molecule has 104 valence electrons. The lowest BCUT2D eigenvalue weighted by Gasteiger charge is -2.25. The summed E-state index contributed by atoms with van der Waals surface area (Å²) in [5, 5.41) is 3.60. The van der Waals surface area contributed by atoms with Crippen LogP contribution in [0.3, 0.4) is 0 Å². The van der Waals surface area contributed by atoms with E-state index in [1.165, 1.54) is 38.8 Å².